The molecule has 2 aromatic rings. The van der Waals surface area contributed by atoms with Crippen molar-refractivity contribution < 1.29 is 0 Å². The molecule has 0 aliphatic carbocycles. The second-order valence-corrected chi connectivity index (χ2v) is 5.28. The van der Waals surface area contributed by atoms with Gasteiger partial charge in [-0.15, -0.1) is 0 Å². The molecule has 0 saturated heterocycles. The fourth-order valence-corrected chi connectivity index (χ4v) is 2.64. The normalized spacial score (nSPS) is 14.3. The topological polar surface area (TPSA) is 38.9 Å². The zero-order chi connectivity index (χ0) is 12.3. The molecule has 1 aromatic heterocycles. The third-order valence-electron chi connectivity index (χ3n) is 3.03. The predicted molar refractivity (Wildman–Crippen MR) is 78.7 cm³/mol. The molecular weight excluding hydrogens is 323 g/mol. The molecule has 0 radical (unpaired) electrons. The van der Waals surface area contributed by atoms with Gasteiger partial charge in [0.25, 0.3) is 0 Å². The highest BCUT2D eigenvalue weighted by Gasteiger charge is 2.18. The van der Waals surface area contributed by atoms with Crippen LogP contribution in [0.2, 0.25) is 0 Å². The highest BCUT2D eigenvalue weighted by Crippen LogP contribution is 2.30. The van der Waals surface area contributed by atoms with Crippen molar-refractivity contribution in [2.45, 2.75) is 18.9 Å². The Morgan fingerprint density at radius 1 is 1.12 bits per heavy atom. The van der Waals surface area contributed by atoms with Crippen LogP contribution < -0.4 is 5.73 Å². The monoisotopic (exact) mass is 338 g/mol. The Balaban J connectivity index is 2.27. The van der Waals surface area contributed by atoms with Gasteiger partial charge >= 0.3 is 0 Å². The summed E-state index contributed by atoms with van der Waals surface area (Å²) in [6.07, 6.45) is 3.63. The van der Waals surface area contributed by atoms with E-state index in [1.807, 2.05) is 36.7 Å². The molecule has 1 aromatic carbocycles. The summed E-state index contributed by atoms with van der Waals surface area (Å²) in [5.74, 6) is 0.286. The van der Waals surface area contributed by atoms with E-state index in [0.717, 1.165) is 0 Å². The molecule has 3 heteroatoms. The van der Waals surface area contributed by atoms with Gasteiger partial charge in [-0.2, -0.15) is 0 Å². The maximum atomic E-state index is 6.35. The second-order valence-electron chi connectivity index (χ2n) is 4.12. The van der Waals surface area contributed by atoms with Crippen LogP contribution in [0.5, 0.6) is 0 Å². The van der Waals surface area contributed by atoms with Crippen molar-refractivity contribution in [3.8, 4) is 0 Å². The van der Waals surface area contributed by atoms with Crippen LogP contribution in [0, 0.1) is 3.57 Å². The maximum Gasteiger partial charge on any atom is 0.0372 e. The number of aromatic nitrogens is 1. The van der Waals surface area contributed by atoms with Gasteiger partial charge in [0.05, 0.1) is 0 Å². The SMILES string of the molecule is CC(c1ccncc1)C(N)c1ccccc1I. The lowest BCUT2D eigenvalue weighted by atomic mass is 9.90. The maximum absolute atomic E-state index is 6.35. The molecular formula is C14H15IN2. The van der Waals surface area contributed by atoms with E-state index in [1.54, 1.807) is 0 Å². The Hall–Kier alpha value is -0.940. The van der Waals surface area contributed by atoms with Crippen molar-refractivity contribution >= 4 is 22.6 Å². The van der Waals surface area contributed by atoms with Gasteiger partial charge in [0.1, 0.15) is 0 Å². The van der Waals surface area contributed by atoms with Crippen molar-refractivity contribution in [1.29, 1.82) is 0 Å². The number of benzene rings is 1. The average Bonchev–Trinajstić information content (AvgIpc) is 2.39. The highest BCUT2D eigenvalue weighted by atomic mass is 127. The lowest BCUT2D eigenvalue weighted by Gasteiger charge is -2.21. The van der Waals surface area contributed by atoms with Crippen molar-refractivity contribution in [1.82, 2.24) is 4.98 Å². The van der Waals surface area contributed by atoms with Gasteiger partial charge in [-0.3, -0.25) is 4.98 Å². The first kappa shape index (κ1) is 12.5. The van der Waals surface area contributed by atoms with Crippen LogP contribution in [0.25, 0.3) is 0 Å². The second kappa shape index (κ2) is 5.60. The molecule has 17 heavy (non-hydrogen) atoms. The van der Waals surface area contributed by atoms with Gasteiger partial charge in [-0.05, 0) is 51.9 Å². The summed E-state index contributed by atoms with van der Waals surface area (Å²) in [7, 11) is 0. The number of pyridine rings is 1. The number of nitrogens with two attached hydrogens (primary N) is 1. The van der Waals surface area contributed by atoms with Crippen molar-refractivity contribution in [2.24, 2.45) is 5.73 Å². The van der Waals surface area contributed by atoms with Crippen LogP contribution in [-0.4, -0.2) is 4.98 Å². The molecule has 2 unspecified atom stereocenters. The summed E-state index contributed by atoms with van der Waals surface area (Å²) in [6.45, 7) is 2.16. The Morgan fingerprint density at radius 2 is 1.76 bits per heavy atom. The largest absolute Gasteiger partial charge is 0.323 e. The Morgan fingerprint density at radius 3 is 2.41 bits per heavy atom. The minimum Gasteiger partial charge on any atom is -0.323 e. The van der Waals surface area contributed by atoms with Crippen molar-refractivity contribution in [3.05, 3.63) is 63.5 Å². The lowest BCUT2D eigenvalue weighted by molar-refractivity contribution is 0.595. The van der Waals surface area contributed by atoms with Crippen molar-refractivity contribution in [2.75, 3.05) is 0 Å². The van der Waals surface area contributed by atoms with Crippen molar-refractivity contribution in [3.63, 3.8) is 0 Å². The van der Waals surface area contributed by atoms with E-state index in [9.17, 15) is 0 Å². The molecule has 0 aliphatic rings. The summed E-state index contributed by atoms with van der Waals surface area (Å²) < 4.78 is 1.22. The number of rotatable bonds is 3. The summed E-state index contributed by atoms with van der Waals surface area (Å²) in [5, 5.41) is 0. The highest BCUT2D eigenvalue weighted by molar-refractivity contribution is 14.1. The molecule has 0 aliphatic heterocycles. The van der Waals surface area contributed by atoms with Crippen LogP contribution in [0.15, 0.2) is 48.8 Å². The molecule has 88 valence electrons. The van der Waals surface area contributed by atoms with E-state index in [-0.39, 0.29) is 12.0 Å². The first-order chi connectivity index (χ1) is 8.20. The molecule has 2 atom stereocenters. The molecule has 2 nitrogen and oxygen atoms in total. The van der Waals surface area contributed by atoms with E-state index in [4.69, 9.17) is 5.73 Å². The number of hydrogen-bond acceptors (Lipinski definition) is 2. The van der Waals surface area contributed by atoms with Crippen LogP contribution in [-0.2, 0) is 0 Å². The molecule has 1 heterocycles. The first-order valence-electron chi connectivity index (χ1n) is 5.60. The third kappa shape index (κ3) is 2.84. The standard InChI is InChI=1S/C14H15IN2/c1-10(11-6-8-17-9-7-11)14(16)12-4-2-3-5-13(12)15/h2-10,14H,16H2,1H3. The van der Waals surface area contributed by atoms with E-state index >= 15 is 0 Å². The summed E-state index contributed by atoms with van der Waals surface area (Å²) >= 11 is 2.34. The molecule has 0 saturated carbocycles. The van der Waals surface area contributed by atoms with Gasteiger partial charge in [0.15, 0.2) is 0 Å². The van der Waals surface area contributed by atoms with Gasteiger partial charge in [-0.25, -0.2) is 0 Å². The van der Waals surface area contributed by atoms with Gasteiger partial charge < -0.3 is 5.73 Å². The Labute approximate surface area is 115 Å². The molecule has 0 fully saturated rings. The summed E-state index contributed by atoms with van der Waals surface area (Å²) in [5.41, 5.74) is 8.78. The first-order valence-corrected chi connectivity index (χ1v) is 6.68. The van der Waals surface area contributed by atoms with E-state index in [2.05, 4.69) is 46.6 Å². The molecule has 2 N–H and O–H groups in total. The lowest BCUT2D eigenvalue weighted by Crippen LogP contribution is -2.18. The van der Waals surface area contributed by atoms with Gasteiger partial charge in [0.2, 0.25) is 0 Å². The number of nitrogens with zero attached hydrogens (tertiary/aromatic N) is 1. The summed E-state index contributed by atoms with van der Waals surface area (Å²) in [4.78, 5) is 4.04. The number of halogens is 1. The van der Waals surface area contributed by atoms with E-state index in [1.165, 1.54) is 14.7 Å². The van der Waals surface area contributed by atoms with Crippen LogP contribution >= 0.6 is 22.6 Å². The van der Waals surface area contributed by atoms with E-state index in [0.29, 0.717) is 0 Å². The molecule has 0 amide bonds. The fraction of sp³-hybridized carbons (Fsp3) is 0.214. The fourth-order valence-electron chi connectivity index (χ4n) is 1.89. The predicted octanol–water partition coefficient (Wildman–Crippen LogP) is 3.49. The zero-order valence-corrected chi connectivity index (χ0v) is 11.8. The molecule has 2 rings (SSSR count). The Kier molecular flexibility index (Phi) is 4.12. The smallest absolute Gasteiger partial charge is 0.0372 e. The Bertz CT molecular complexity index is 485. The van der Waals surface area contributed by atoms with E-state index < -0.39 is 0 Å². The molecule has 0 bridgehead atoms. The van der Waals surface area contributed by atoms with Gasteiger partial charge in [0, 0.05) is 27.9 Å². The third-order valence-corrected chi connectivity index (χ3v) is 4.02. The minimum atomic E-state index is 0.0190. The van der Waals surface area contributed by atoms with Gasteiger partial charge in [-0.1, -0.05) is 25.1 Å². The number of hydrogen-bond donors (Lipinski definition) is 1. The average molecular weight is 338 g/mol. The quantitative estimate of drug-likeness (QED) is 0.870. The minimum absolute atomic E-state index is 0.0190. The summed E-state index contributed by atoms with van der Waals surface area (Å²) in [6, 6.07) is 12.3. The van der Waals surface area contributed by atoms with Crippen LogP contribution in [0.4, 0.5) is 0 Å². The van der Waals surface area contributed by atoms with Crippen LogP contribution in [0.1, 0.15) is 30.0 Å². The van der Waals surface area contributed by atoms with Crippen LogP contribution in [0.3, 0.4) is 0 Å². The zero-order valence-electron chi connectivity index (χ0n) is 9.68. The molecule has 0 spiro atoms.